The summed E-state index contributed by atoms with van der Waals surface area (Å²) in [5.74, 6) is 0.0300. The van der Waals surface area contributed by atoms with Gasteiger partial charge in [0.05, 0.1) is 12.2 Å². The van der Waals surface area contributed by atoms with Crippen LogP contribution in [-0.4, -0.2) is 20.9 Å². The molecule has 5 heteroatoms. The van der Waals surface area contributed by atoms with E-state index < -0.39 is 0 Å². The first-order valence-corrected chi connectivity index (χ1v) is 6.43. The van der Waals surface area contributed by atoms with E-state index in [1.54, 1.807) is 9.58 Å². The zero-order chi connectivity index (χ0) is 13.7. The molecule has 0 unspecified atom stereocenters. The lowest BCUT2D eigenvalue weighted by Crippen LogP contribution is -2.26. The third-order valence-corrected chi connectivity index (χ3v) is 3.62. The molecule has 0 atom stereocenters. The number of amides is 1. The Labute approximate surface area is 115 Å². The highest BCUT2D eigenvalue weighted by Gasteiger charge is 2.29. The molecule has 0 radical (unpaired) electrons. The van der Waals surface area contributed by atoms with Gasteiger partial charge in [0.15, 0.2) is 0 Å². The second-order valence-corrected chi connectivity index (χ2v) is 4.96. The van der Waals surface area contributed by atoms with Crippen molar-refractivity contribution in [1.82, 2.24) is 15.0 Å². The van der Waals surface area contributed by atoms with Gasteiger partial charge in [0, 0.05) is 24.2 Å². The van der Waals surface area contributed by atoms with Gasteiger partial charge in [-0.05, 0) is 17.5 Å². The molecule has 2 aromatic carbocycles. The summed E-state index contributed by atoms with van der Waals surface area (Å²) in [7, 11) is 1.82. The second kappa shape index (κ2) is 3.90. The summed E-state index contributed by atoms with van der Waals surface area (Å²) in [5.41, 5.74) is 2.50. The Morgan fingerprint density at radius 1 is 1.15 bits per heavy atom. The van der Waals surface area contributed by atoms with Crippen LogP contribution in [-0.2, 0) is 13.6 Å². The molecule has 0 fully saturated rings. The van der Waals surface area contributed by atoms with Crippen LogP contribution in [0.5, 0.6) is 0 Å². The lowest BCUT2D eigenvalue weighted by molar-refractivity contribution is 0.0991. The Hall–Kier alpha value is -2.69. The van der Waals surface area contributed by atoms with Crippen molar-refractivity contribution in [3.63, 3.8) is 0 Å². The molecular formula is C15H12N4O. The van der Waals surface area contributed by atoms with Crippen LogP contribution in [0.15, 0.2) is 42.6 Å². The van der Waals surface area contributed by atoms with Crippen molar-refractivity contribution in [2.45, 2.75) is 6.54 Å². The van der Waals surface area contributed by atoms with Gasteiger partial charge >= 0.3 is 0 Å². The number of anilines is 1. The summed E-state index contributed by atoms with van der Waals surface area (Å²) in [6.07, 6.45) is 1.83. The number of hydrogen-bond acceptors (Lipinski definition) is 3. The maximum Gasteiger partial charge on any atom is 0.259 e. The number of carbonyl (C=O) groups excluding carboxylic acids is 1. The zero-order valence-electron chi connectivity index (χ0n) is 10.9. The fraction of sp³-hybridized carbons (Fsp3) is 0.133. The summed E-state index contributed by atoms with van der Waals surface area (Å²) in [4.78, 5) is 14.3. The van der Waals surface area contributed by atoms with E-state index in [1.165, 1.54) is 0 Å². The lowest BCUT2D eigenvalue weighted by Gasteiger charge is -2.15. The van der Waals surface area contributed by atoms with E-state index in [2.05, 4.69) is 10.3 Å². The van der Waals surface area contributed by atoms with Crippen LogP contribution in [0.2, 0.25) is 0 Å². The van der Waals surface area contributed by atoms with Crippen LogP contribution in [0.4, 0.5) is 5.69 Å². The molecule has 0 saturated heterocycles. The molecule has 0 bridgehead atoms. The summed E-state index contributed by atoms with van der Waals surface area (Å²) in [5, 5.41) is 10.1. The number of carbonyl (C=O) groups is 1. The van der Waals surface area contributed by atoms with Gasteiger partial charge in [-0.25, -0.2) is 0 Å². The van der Waals surface area contributed by atoms with E-state index >= 15 is 0 Å². The summed E-state index contributed by atoms with van der Waals surface area (Å²) in [6, 6.07) is 11.8. The molecule has 0 spiro atoms. The fourth-order valence-corrected chi connectivity index (χ4v) is 2.77. The van der Waals surface area contributed by atoms with Crippen molar-refractivity contribution in [2.75, 3.05) is 4.90 Å². The van der Waals surface area contributed by atoms with Crippen molar-refractivity contribution < 1.29 is 4.79 Å². The lowest BCUT2D eigenvalue weighted by atomic mass is 10.1. The predicted octanol–water partition coefficient (Wildman–Crippen LogP) is 2.13. The first kappa shape index (κ1) is 11.2. The van der Waals surface area contributed by atoms with Gasteiger partial charge in [-0.3, -0.25) is 9.48 Å². The van der Waals surface area contributed by atoms with Crippen molar-refractivity contribution in [2.24, 2.45) is 7.05 Å². The molecule has 0 aliphatic carbocycles. The normalized spacial score (nSPS) is 13.4. The number of rotatable bonds is 2. The zero-order valence-corrected chi connectivity index (χ0v) is 10.9. The van der Waals surface area contributed by atoms with Gasteiger partial charge in [-0.2, -0.15) is 0 Å². The molecule has 98 valence electrons. The Balaban J connectivity index is 1.84. The SMILES string of the molecule is Cn1cc(CN2C(=O)c3cccc4cccc2c34)nn1. The average Bonchev–Trinajstić information content (AvgIpc) is 2.98. The Bertz CT molecular complexity index is 832. The summed E-state index contributed by atoms with van der Waals surface area (Å²) >= 11 is 0. The van der Waals surface area contributed by atoms with E-state index in [0.717, 1.165) is 27.7 Å². The van der Waals surface area contributed by atoms with Gasteiger partial charge in [-0.1, -0.05) is 29.5 Å². The quantitative estimate of drug-likeness (QED) is 0.712. The molecular weight excluding hydrogens is 252 g/mol. The molecule has 1 aliphatic rings. The van der Waals surface area contributed by atoms with Crippen LogP contribution < -0.4 is 4.90 Å². The number of hydrogen-bond donors (Lipinski definition) is 0. The maximum absolute atomic E-state index is 12.6. The third-order valence-electron chi connectivity index (χ3n) is 3.62. The van der Waals surface area contributed by atoms with Crippen molar-refractivity contribution in [3.8, 4) is 0 Å². The number of aromatic nitrogens is 3. The predicted molar refractivity (Wildman–Crippen MR) is 75.5 cm³/mol. The molecule has 0 N–H and O–H groups in total. The van der Waals surface area contributed by atoms with Crippen LogP contribution in [0, 0.1) is 0 Å². The minimum Gasteiger partial charge on any atom is -0.302 e. The van der Waals surface area contributed by atoms with Crippen LogP contribution >= 0.6 is 0 Å². The maximum atomic E-state index is 12.6. The first-order chi connectivity index (χ1) is 9.74. The average molecular weight is 264 g/mol. The molecule has 1 aromatic heterocycles. The molecule has 1 amide bonds. The Morgan fingerprint density at radius 2 is 1.95 bits per heavy atom. The van der Waals surface area contributed by atoms with Gasteiger partial charge in [-0.15, -0.1) is 5.10 Å². The monoisotopic (exact) mass is 264 g/mol. The summed E-state index contributed by atoms with van der Waals surface area (Å²) in [6.45, 7) is 0.445. The summed E-state index contributed by atoms with van der Waals surface area (Å²) < 4.78 is 1.64. The molecule has 2 heterocycles. The number of benzene rings is 2. The van der Waals surface area contributed by atoms with Gasteiger partial charge in [0.25, 0.3) is 5.91 Å². The Morgan fingerprint density at radius 3 is 2.70 bits per heavy atom. The van der Waals surface area contributed by atoms with Crippen LogP contribution in [0.1, 0.15) is 16.1 Å². The number of nitrogens with zero attached hydrogens (tertiary/aromatic N) is 4. The highest BCUT2D eigenvalue weighted by molar-refractivity contribution is 6.24. The smallest absolute Gasteiger partial charge is 0.259 e. The molecule has 4 rings (SSSR count). The first-order valence-electron chi connectivity index (χ1n) is 6.43. The van der Waals surface area contributed by atoms with Gasteiger partial charge in [0.1, 0.15) is 5.69 Å². The van der Waals surface area contributed by atoms with E-state index in [-0.39, 0.29) is 5.91 Å². The van der Waals surface area contributed by atoms with Crippen LogP contribution in [0.3, 0.4) is 0 Å². The number of aryl methyl sites for hydroxylation is 1. The topological polar surface area (TPSA) is 51.0 Å². The molecule has 0 saturated carbocycles. The molecule has 5 nitrogen and oxygen atoms in total. The third kappa shape index (κ3) is 1.46. The fourth-order valence-electron chi connectivity index (χ4n) is 2.77. The van der Waals surface area contributed by atoms with Gasteiger partial charge < -0.3 is 4.90 Å². The molecule has 20 heavy (non-hydrogen) atoms. The minimum absolute atomic E-state index is 0.0300. The highest BCUT2D eigenvalue weighted by Crippen LogP contribution is 2.37. The van der Waals surface area contributed by atoms with E-state index in [0.29, 0.717) is 6.54 Å². The van der Waals surface area contributed by atoms with Crippen LogP contribution in [0.25, 0.3) is 10.8 Å². The van der Waals surface area contributed by atoms with Crippen molar-refractivity contribution >= 4 is 22.4 Å². The van der Waals surface area contributed by atoms with E-state index in [1.807, 2.05) is 49.6 Å². The van der Waals surface area contributed by atoms with E-state index in [4.69, 9.17) is 0 Å². The minimum atomic E-state index is 0.0300. The van der Waals surface area contributed by atoms with Crippen molar-refractivity contribution in [1.29, 1.82) is 0 Å². The second-order valence-electron chi connectivity index (χ2n) is 4.96. The van der Waals surface area contributed by atoms with E-state index in [9.17, 15) is 4.79 Å². The van der Waals surface area contributed by atoms with Gasteiger partial charge in [0.2, 0.25) is 0 Å². The highest BCUT2D eigenvalue weighted by atomic mass is 16.2. The molecule has 3 aromatic rings. The standard InChI is InChI=1S/C15H12N4O/c1-18-8-11(16-17-18)9-19-13-7-3-5-10-4-2-6-12(14(10)13)15(19)20/h2-8H,9H2,1H3. The largest absolute Gasteiger partial charge is 0.302 e. The molecule has 1 aliphatic heterocycles. The van der Waals surface area contributed by atoms with Crippen molar-refractivity contribution in [3.05, 3.63) is 53.9 Å². The Kier molecular flexibility index (Phi) is 2.18.